The summed E-state index contributed by atoms with van der Waals surface area (Å²) in [6.45, 7) is 3.95. The highest BCUT2D eigenvalue weighted by atomic mass is 35.5. The minimum absolute atomic E-state index is 0.137. The molecule has 2 atom stereocenters. The number of aromatic nitrogens is 1. The van der Waals surface area contributed by atoms with Crippen molar-refractivity contribution in [1.82, 2.24) is 10.3 Å². The molecule has 2 heterocycles. The minimum Gasteiger partial charge on any atom is -0.375 e. The van der Waals surface area contributed by atoms with E-state index in [2.05, 4.69) is 17.2 Å². The van der Waals surface area contributed by atoms with E-state index in [4.69, 9.17) is 16.3 Å². The van der Waals surface area contributed by atoms with Crippen molar-refractivity contribution < 1.29 is 4.74 Å². The first kappa shape index (κ1) is 15.3. The van der Waals surface area contributed by atoms with Gasteiger partial charge in [0, 0.05) is 12.8 Å². The van der Waals surface area contributed by atoms with Gasteiger partial charge in [-0.1, -0.05) is 31.4 Å². The Hall–Kier alpha value is -0.640. The molecule has 2 unspecified atom stereocenters. The van der Waals surface area contributed by atoms with E-state index in [0.29, 0.717) is 5.92 Å². The SMILES string of the molecule is CCNC(c1ncccc1Cl)C1CCOC2(CCCC2)C1. The van der Waals surface area contributed by atoms with Gasteiger partial charge in [0.15, 0.2) is 0 Å². The Kier molecular flexibility index (Phi) is 4.82. The van der Waals surface area contributed by atoms with Crippen LogP contribution in [0.15, 0.2) is 18.3 Å². The smallest absolute Gasteiger partial charge is 0.0761 e. The van der Waals surface area contributed by atoms with Gasteiger partial charge in [0.1, 0.15) is 0 Å². The van der Waals surface area contributed by atoms with Crippen LogP contribution in [0.25, 0.3) is 0 Å². The Labute approximate surface area is 132 Å². The van der Waals surface area contributed by atoms with Crippen molar-refractivity contribution in [1.29, 1.82) is 0 Å². The number of nitrogens with one attached hydrogen (secondary N) is 1. The van der Waals surface area contributed by atoms with E-state index >= 15 is 0 Å². The molecule has 1 aromatic heterocycles. The molecule has 1 N–H and O–H groups in total. The third kappa shape index (κ3) is 3.25. The van der Waals surface area contributed by atoms with E-state index in [-0.39, 0.29) is 11.6 Å². The van der Waals surface area contributed by atoms with Crippen LogP contribution in [0, 0.1) is 5.92 Å². The van der Waals surface area contributed by atoms with Crippen LogP contribution < -0.4 is 5.32 Å². The zero-order chi connectivity index (χ0) is 14.7. The summed E-state index contributed by atoms with van der Waals surface area (Å²) in [5.74, 6) is 0.559. The summed E-state index contributed by atoms with van der Waals surface area (Å²) >= 11 is 6.39. The van der Waals surface area contributed by atoms with Crippen molar-refractivity contribution in [3.8, 4) is 0 Å². The van der Waals surface area contributed by atoms with Crippen LogP contribution in [0.4, 0.5) is 0 Å². The Morgan fingerprint density at radius 1 is 1.48 bits per heavy atom. The first-order valence-corrected chi connectivity index (χ1v) is 8.60. The summed E-state index contributed by atoms with van der Waals surface area (Å²) in [6, 6.07) is 4.08. The van der Waals surface area contributed by atoms with Gasteiger partial charge in [0.05, 0.1) is 22.4 Å². The van der Waals surface area contributed by atoms with Crippen LogP contribution in [-0.4, -0.2) is 23.7 Å². The molecule has 1 aliphatic carbocycles. The molecule has 0 radical (unpaired) electrons. The third-order valence-electron chi connectivity index (χ3n) is 5.02. The highest BCUT2D eigenvalue weighted by molar-refractivity contribution is 6.31. The van der Waals surface area contributed by atoms with Gasteiger partial charge < -0.3 is 10.1 Å². The van der Waals surface area contributed by atoms with Gasteiger partial charge >= 0.3 is 0 Å². The van der Waals surface area contributed by atoms with Crippen molar-refractivity contribution in [3.05, 3.63) is 29.0 Å². The number of halogens is 1. The van der Waals surface area contributed by atoms with Crippen molar-refractivity contribution in [2.45, 2.75) is 57.1 Å². The summed E-state index contributed by atoms with van der Waals surface area (Å²) in [7, 11) is 0. The average molecular weight is 309 g/mol. The molecule has 3 nitrogen and oxygen atoms in total. The largest absolute Gasteiger partial charge is 0.375 e. The normalized spacial score (nSPS) is 26.1. The van der Waals surface area contributed by atoms with Gasteiger partial charge in [0.2, 0.25) is 0 Å². The molecule has 1 aromatic rings. The molecular formula is C17H25ClN2O. The van der Waals surface area contributed by atoms with E-state index in [9.17, 15) is 0 Å². The number of hydrogen-bond donors (Lipinski definition) is 1. The Morgan fingerprint density at radius 3 is 3.00 bits per heavy atom. The fourth-order valence-corrected chi connectivity index (χ4v) is 4.29. The summed E-state index contributed by atoms with van der Waals surface area (Å²) in [5, 5.41) is 4.39. The van der Waals surface area contributed by atoms with E-state index in [1.54, 1.807) is 0 Å². The Bertz CT molecular complexity index is 474. The second-order valence-corrected chi connectivity index (χ2v) is 6.80. The van der Waals surface area contributed by atoms with Crippen molar-refractivity contribution in [3.63, 3.8) is 0 Å². The molecule has 1 aliphatic heterocycles. The Balaban J connectivity index is 1.82. The predicted molar refractivity (Wildman–Crippen MR) is 85.5 cm³/mol. The molecule has 4 heteroatoms. The molecule has 2 fully saturated rings. The monoisotopic (exact) mass is 308 g/mol. The third-order valence-corrected chi connectivity index (χ3v) is 5.34. The second-order valence-electron chi connectivity index (χ2n) is 6.40. The van der Waals surface area contributed by atoms with Gasteiger partial charge in [-0.25, -0.2) is 0 Å². The fraction of sp³-hybridized carbons (Fsp3) is 0.706. The number of ether oxygens (including phenoxy) is 1. The first-order valence-electron chi connectivity index (χ1n) is 8.22. The molecule has 0 amide bonds. The molecule has 0 aromatic carbocycles. The summed E-state index contributed by atoms with van der Waals surface area (Å²) in [4.78, 5) is 4.55. The molecule has 1 spiro atoms. The topological polar surface area (TPSA) is 34.2 Å². The van der Waals surface area contributed by atoms with Crippen molar-refractivity contribution in [2.75, 3.05) is 13.2 Å². The van der Waals surface area contributed by atoms with Crippen LogP contribution in [0.1, 0.15) is 57.2 Å². The number of rotatable bonds is 4. The number of hydrogen-bond acceptors (Lipinski definition) is 3. The van der Waals surface area contributed by atoms with Crippen LogP contribution in [0.3, 0.4) is 0 Å². The minimum atomic E-state index is 0.137. The van der Waals surface area contributed by atoms with Crippen LogP contribution in [-0.2, 0) is 4.74 Å². The Morgan fingerprint density at radius 2 is 2.29 bits per heavy atom. The van der Waals surface area contributed by atoms with Gasteiger partial charge in [-0.15, -0.1) is 0 Å². The number of pyridine rings is 1. The highest BCUT2D eigenvalue weighted by Crippen LogP contribution is 2.45. The first-order chi connectivity index (χ1) is 10.2. The maximum absolute atomic E-state index is 6.39. The predicted octanol–water partition coefficient (Wildman–Crippen LogP) is 4.13. The maximum Gasteiger partial charge on any atom is 0.0761 e. The van der Waals surface area contributed by atoms with Crippen LogP contribution in [0.5, 0.6) is 0 Å². The van der Waals surface area contributed by atoms with Crippen molar-refractivity contribution in [2.24, 2.45) is 5.92 Å². The highest BCUT2D eigenvalue weighted by Gasteiger charge is 2.42. The molecule has 1 saturated heterocycles. The number of nitrogens with zero attached hydrogens (tertiary/aromatic N) is 1. The fourth-order valence-electron chi connectivity index (χ4n) is 4.05. The average Bonchev–Trinajstić information content (AvgIpc) is 2.93. The summed E-state index contributed by atoms with van der Waals surface area (Å²) < 4.78 is 6.17. The lowest BCUT2D eigenvalue weighted by Gasteiger charge is -2.41. The van der Waals surface area contributed by atoms with Crippen LogP contribution in [0.2, 0.25) is 5.02 Å². The molecule has 3 rings (SSSR count). The molecule has 21 heavy (non-hydrogen) atoms. The lowest BCUT2D eigenvalue weighted by molar-refractivity contribution is -0.0983. The summed E-state index contributed by atoms with van der Waals surface area (Å²) in [5.41, 5.74) is 1.14. The van der Waals surface area contributed by atoms with Crippen molar-refractivity contribution >= 4 is 11.6 Å². The maximum atomic E-state index is 6.39. The van der Waals surface area contributed by atoms with E-state index in [1.165, 1.54) is 25.7 Å². The van der Waals surface area contributed by atoms with E-state index < -0.39 is 0 Å². The molecular weight excluding hydrogens is 284 g/mol. The van der Waals surface area contributed by atoms with Crippen LogP contribution >= 0.6 is 11.6 Å². The zero-order valence-electron chi connectivity index (χ0n) is 12.8. The van der Waals surface area contributed by atoms with Gasteiger partial charge in [0.25, 0.3) is 0 Å². The molecule has 0 bridgehead atoms. The molecule has 2 aliphatic rings. The van der Waals surface area contributed by atoms with Gasteiger partial charge in [-0.2, -0.15) is 0 Å². The van der Waals surface area contributed by atoms with Gasteiger partial charge in [-0.05, 0) is 50.3 Å². The lowest BCUT2D eigenvalue weighted by Crippen LogP contribution is -2.42. The molecule has 116 valence electrons. The lowest BCUT2D eigenvalue weighted by atomic mass is 9.79. The van der Waals surface area contributed by atoms with E-state index in [0.717, 1.165) is 36.7 Å². The summed E-state index contributed by atoms with van der Waals surface area (Å²) in [6.07, 6.45) is 9.13. The quantitative estimate of drug-likeness (QED) is 0.908. The van der Waals surface area contributed by atoms with Gasteiger partial charge in [-0.3, -0.25) is 4.98 Å². The second kappa shape index (κ2) is 6.64. The zero-order valence-corrected chi connectivity index (χ0v) is 13.5. The van der Waals surface area contributed by atoms with E-state index in [1.807, 2.05) is 18.3 Å². The standard InChI is InChI=1S/C17H25ClN2O/c1-2-19-15(16-14(18)6-5-10-20-16)13-7-11-21-17(12-13)8-3-4-9-17/h5-6,10,13,15,19H,2-4,7-9,11-12H2,1H3. The molecule has 1 saturated carbocycles.